The van der Waals surface area contributed by atoms with Gasteiger partial charge in [-0.3, -0.25) is 4.99 Å². The lowest BCUT2D eigenvalue weighted by Gasteiger charge is -2.22. The van der Waals surface area contributed by atoms with Gasteiger partial charge in [0.15, 0.2) is 5.96 Å². The molecular weight excluding hydrogens is 421 g/mol. The maximum atomic E-state index is 5.87. The van der Waals surface area contributed by atoms with E-state index < -0.39 is 0 Å². The number of halogens is 1. The monoisotopic (exact) mass is 447 g/mol. The summed E-state index contributed by atoms with van der Waals surface area (Å²) in [7, 11) is 1.84. The molecule has 1 aromatic rings. The van der Waals surface area contributed by atoms with Crippen molar-refractivity contribution < 1.29 is 4.74 Å². The predicted molar refractivity (Wildman–Crippen MR) is 108 cm³/mol. The molecule has 0 saturated carbocycles. The number of benzene rings is 1. The largest absolute Gasteiger partial charge is 0.373 e. The van der Waals surface area contributed by atoms with Crippen molar-refractivity contribution in [3.8, 4) is 0 Å². The van der Waals surface area contributed by atoms with Crippen molar-refractivity contribution in [2.24, 2.45) is 4.99 Å². The molecule has 0 amide bonds. The highest BCUT2D eigenvalue weighted by atomic mass is 127. The number of ether oxygens (including phenoxy) is 1. The van der Waals surface area contributed by atoms with Crippen LogP contribution in [0.15, 0.2) is 40.2 Å². The maximum Gasteiger partial charge on any atom is 0.191 e. The van der Waals surface area contributed by atoms with E-state index >= 15 is 0 Å². The highest BCUT2D eigenvalue weighted by Gasteiger charge is 2.40. The first-order valence-electron chi connectivity index (χ1n) is 8.15. The van der Waals surface area contributed by atoms with Crippen molar-refractivity contribution in [1.29, 1.82) is 0 Å². The van der Waals surface area contributed by atoms with Crippen LogP contribution in [0.25, 0.3) is 0 Å². The summed E-state index contributed by atoms with van der Waals surface area (Å²) in [6.45, 7) is 0.946. The molecule has 2 aliphatic rings. The summed E-state index contributed by atoms with van der Waals surface area (Å²) in [5, 5.41) is 6.92. The Kier molecular flexibility index (Phi) is 7.98. The van der Waals surface area contributed by atoms with Crippen LogP contribution in [0.2, 0.25) is 0 Å². The van der Waals surface area contributed by atoms with E-state index in [9.17, 15) is 0 Å². The minimum absolute atomic E-state index is 0. The highest BCUT2D eigenvalue weighted by Crippen LogP contribution is 2.34. The first kappa shape index (κ1) is 18.9. The number of nitrogens with zero attached hydrogens (tertiary/aromatic N) is 1. The number of thioether (sulfide) groups is 1. The van der Waals surface area contributed by atoms with Crippen LogP contribution < -0.4 is 10.6 Å². The van der Waals surface area contributed by atoms with E-state index in [-0.39, 0.29) is 24.0 Å². The molecule has 0 aromatic heterocycles. The van der Waals surface area contributed by atoms with Crippen LogP contribution >= 0.6 is 35.7 Å². The van der Waals surface area contributed by atoms with E-state index in [0.29, 0.717) is 18.2 Å². The minimum atomic E-state index is 0. The fraction of sp³-hybridized carbons (Fsp3) is 0.588. The standard InChI is InChI=1S/C17H25N3OS.HI/c1-18-17(20-15-12-13-8-9-16(15)21-13)19-10-5-11-22-14-6-3-2-4-7-14;/h2-4,6-7,13,15-16H,5,8-12H2,1H3,(H2,18,19,20);1H. The zero-order valence-corrected chi connectivity index (χ0v) is 16.7. The molecular formula is C17H26IN3OS. The zero-order valence-electron chi connectivity index (χ0n) is 13.5. The third-order valence-corrected chi connectivity index (χ3v) is 5.38. The van der Waals surface area contributed by atoms with Gasteiger partial charge in [-0.15, -0.1) is 35.7 Å². The summed E-state index contributed by atoms with van der Waals surface area (Å²) < 4.78 is 5.87. The van der Waals surface area contributed by atoms with E-state index in [1.807, 2.05) is 18.8 Å². The molecule has 2 N–H and O–H groups in total. The van der Waals surface area contributed by atoms with Gasteiger partial charge in [0.1, 0.15) is 0 Å². The lowest BCUT2D eigenvalue weighted by atomic mass is 9.96. The van der Waals surface area contributed by atoms with E-state index in [0.717, 1.165) is 31.1 Å². The molecule has 23 heavy (non-hydrogen) atoms. The molecule has 0 spiro atoms. The van der Waals surface area contributed by atoms with Gasteiger partial charge in [-0.05, 0) is 43.6 Å². The summed E-state index contributed by atoms with van der Waals surface area (Å²) in [6.07, 6.45) is 5.52. The number of hydrogen-bond donors (Lipinski definition) is 2. The van der Waals surface area contributed by atoms with Crippen molar-refractivity contribution in [2.45, 2.75) is 48.8 Å². The number of guanidine groups is 1. The molecule has 6 heteroatoms. The van der Waals surface area contributed by atoms with Gasteiger partial charge in [-0.1, -0.05) is 18.2 Å². The average molecular weight is 447 g/mol. The molecule has 0 radical (unpaired) electrons. The second kappa shape index (κ2) is 9.74. The van der Waals surface area contributed by atoms with E-state index in [4.69, 9.17) is 4.74 Å². The lowest BCUT2D eigenvalue weighted by molar-refractivity contribution is 0.0992. The summed E-state index contributed by atoms with van der Waals surface area (Å²) in [5.74, 6) is 2.02. The quantitative estimate of drug-likeness (QED) is 0.231. The average Bonchev–Trinajstić information content (AvgIpc) is 3.17. The van der Waals surface area contributed by atoms with Crippen molar-refractivity contribution >= 4 is 41.7 Å². The normalized spacial score (nSPS) is 26.0. The maximum absolute atomic E-state index is 5.87. The Morgan fingerprint density at radius 2 is 2.13 bits per heavy atom. The van der Waals surface area contributed by atoms with Crippen LogP contribution in [0.3, 0.4) is 0 Å². The van der Waals surface area contributed by atoms with E-state index in [2.05, 4.69) is 46.0 Å². The van der Waals surface area contributed by atoms with Gasteiger partial charge in [0, 0.05) is 18.5 Å². The van der Waals surface area contributed by atoms with Crippen molar-refractivity contribution in [3.05, 3.63) is 30.3 Å². The fourth-order valence-corrected chi connectivity index (χ4v) is 4.02. The van der Waals surface area contributed by atoms with Crippen LogP contribution in [0.4, 0.5) is 0 Å². The minimum Gasteiger partial charge on any atom is -0.373 e. The van der Waals surface area contributed by atoms with Crippen LogP contribution in [-0.2, 0) is 4.74 Å². The molecule has 128 valence electrons. The molecule has 2 fully saturated rings. The second-order valence-electron chi connectivity index (χ2n) is 5.87. The van der Waals surface area contributed by atoms with Crippen LogP contribution in [0.5, 0.6) is 0 Å². The van der Waals surface area contributed by atoms with E-state index in [1.54, 1.807) is 0 Å². The van der Waals surface area contributed by atoms with Crippen LogP contribution in [-0.4, -0.2) is 43.6 Å². The van der Waals surface area contributed by atoms with Gasteiger partial charge >= 0.3 is 0 Å². The molecule has 1 aromatic carbocycles. The van der Waals surface area contributed by atoms with Crippen molar-refractivity contribution in [3.63, 3.8) is 0 Å². The number of hydrogen-bond acceptors (Lipinski definition) is 3. The summed E-state index contributed by atoms with van der Waals surface area (Å²) in [6, 6.07) is 11.0. The Hall–Kier alpha value is -0.470. The number of fused-ring (bicyclic) bond motifs is 2. The number of aliphatic imine (C=N–C) groups is 1. The Labute approximate surface area is 160 Å². The van der Waals surface area contributed by atoms with Gasteiger partial charge < -0.3 is 15.4 Å². The van der Waals surface area contributed by atoms with Gasteiger partial charge in [0.2, 0.25) is 0 Å². The summed E-state index contributed by atoms with van der Waals surface area (Å²) in [5.41, 5.74) is 0. The predicted octanol–water partition coefficient (Wildman–Crippen LogP) is 3.27. The Bertz CT molecular complexity index is 500. The first-order chi connectivity index (χ1) is 10.8. The molecule has 3 unspecified atom stereocenters. The molecule has 3 rings (SSSR count). The molecule has 2 bridgehead atoms. The SMILES string of the molecule is CN=C(NCCCSc1ccccc1)NC1CC2CCC1O2.I. The Morgan fingerprint density at radius 1 is 1.30 bits per heavy atom. The van der Waals surface area contributed by atoms with Crippen molar-refractivity contribution in [1.82, 2.24) is 10.6 Å². The summed E-state index contributed by atoms with van der Waals surface area (Å²) in [4.78, 5) is 5.66. The Morgan fingerprint density at radius 3 is 2.78 bits per heavy atom. The van der Waals surface area contributed by atoms with E-state index in [1.165, 1.54) is 17.7 Å². The van der Waals surface area contributed by atoms with Crippen molar-refractivity contribution in [2.75, 3.05) is 19.3 Å². The Balaban J connectivity index is 0.00000192. The van der Waals surface area contributed by atoms with Crippen LogP contribution in [0.1, 0.15) is 25.7 Å². The van der Waals surface area contributed by atoms with Gasteiger partial charge in [-0.25, -0.2) is 0 Å². The molecule has 4 nitrogen and oxygen atoms in total. The molecule has 2 heterocycles. The molecule has 3 atom stereocenters. The number of rotatable bonds is 6. The topological polar surface area (TPSA) is 45.7 Å². The van der Waals surface area contributed by atoms with Crippen LogP contribution in [0, 0.1) is 0 Å². The van der Waals surface area contributed by atoms with Gasteiger partial charge in [0.25, 0.3) is 0 Å². The lowest BCUT2D eigenvalue weighted by Crippen LogP contribution is -2.47. The smallest absolute Gasteiger partial charge is 0.191 e. The second-order valence-corrected chi connectivity index (χ2v) is 7.04. The molecule has 2 saturated heterocycles. The molecule has 0 aliphatic carbocycles. The summed E-state index contributed by atoms with van der Waals surface area (Å²) >= 11 is 1.90. The zero-order chi connectivity index (χ0) is 15.2. The van der Waals surface area contributed by atoms with Gasteiger partial charge in [0.05, 0.1) is 18.2 Å². The third-order valence-electron chi connectivity index (χ3n) is 4.28. The highest BCUT2D eigenvalue weighted by molar-refractivity contribution is 14.0. The molecule has 2 aliphatic heterocycles. The third kappa shape index (κ3) is 5.53. The number of nitrogens with one attached hydrogen (secondary N) is 2. The van der Waals surface area contributed by atoms with Gasteiger partial charge in [-0.2, -0.15) is 0 Å². The first-order valence-corrected chi connectivity index (χ1v) is 9.14. The fourth-order valence-electron chi connectivity index (χ4n) is 3.15.